The van der Waals surface area contributed by atoms with Gasteiger partial charge >= 0.3 is 0 Å². The molecule has 0 saturated heterocycles. The van der Waals surface area contributed by atoms with Crippen molar-refractivity contribution < 1.29 is 13.9 Å². The van der Waals surface area contributed by atoms with E-state index in [9.17, 15) is 4.79 Å². The minimum Gasteiger partial charge on any atom is -0.483 e. The van der Waals surface area contributed by atoms with E-state index in [0.29, 0.717) is 28.3 Å². The maximum Gasteiger partial charge on any atom is 0.262 e. The predicted octanol–water partition coefficient (Wildman–Crippen LogP) is 7.30. The normalized spacial score (nSPS) is 12.0. The van der Waals surface area contributed by atoms with Crippen LogP contribution in [0.4, 0.5) is 5.69 Å². The molecule has 33 heavy (non-hydrogen) atoms. The molecule has 3 aromatic carbocycles. The average molecular weight is 463 g/mol. The fraction of sp³-hybridized carbons (Fsp3) is 0.259. The molecule has 0 saturated carbocycles. The summed E-state index contributed by atoms with van der Waals surface area (Å²) < 4.78 is 11.6. The van der Waals surface area contributed by atoms with Crippen LogP contribution in [0.1, 0.15) is 42.9 Å². The van der Waals surface area contributed by atoms with Gasteiger partial charge in [0.15, 0.2) is 12.2 Å². The lowest BCUT2D eigenvalue weighted by molar-refractivity contribution is -0.118. The molecule has 0 spiro atoms. The Balaban J connectivity index is 1.51. The van der Waals surface area contributed by atoms with E-state index >= 15 is 0 Å². The first kappa shape index (κ1) is 22.9. The van der Waals surface area contributed by atoms with Crippen LogP contribution >= 0.6 is 11.6 Å². The Bertz CT molecular complexity index is 1310. The third-order valence-electron chi connectivity index (χ3n) is 5.77. The van der Waals surface area contributed by atoms with Gasteiger partial charge in [-0.15, -0.1) is 0 Å². The minimum absolute atomic E-state index is 0.119. The lowest BCUT2D eigenvalue weighted by Gasteiger charge is -2.11. The molecule has 1 N–H and O–H groups in total. The average Bonchev–Trinajstić information content (AvgIpc) is 3.23. The molecule has 0 aliphatic rings. The summed E-state index contributed by atoms with van der Waals surface area (Å²) >= 11 is 6.33. The number of halogens is 1. The molecule has 170 valence electrons. The summed E-state index contributed by atoms with van der Waals surface area (Å²) in [5.74, 6) is 1.31. The molecule has 0 radical (unpaired) electrons. The monoisotopic (exact) mass is 462 g/mol. The summed E-state index contributed by atoms with van der Waals surface area (Å²) in [6.45, 7) is 8.21. The predicted molar refractivity (Wildman–Crippen MR) is 133 cm³/mol. The second kappa shape index (κ2) is 9.67. The Morgan fingerprint density at radius 2 is 1.94 bits per heavy atom. The number of carbonyl (C=O) groups excluding carboxylic acids is 1. The van der Waals surface area contributed by atoms with Crippen molar-refractivity contribution in [1.82, 2.24) is 4.98 Å². The number of ether oxygens (including phenoxy) is 1. The van der Waals surface area contributed by atoms with Crippen LogP contribution in [0.5, 0.6) is 5.75 Å². The van der Waals surface area contributed by atoms with Crippen LogP contribution in [0, 0.1) is 13.8 Å². The number of hydrogen-bond donors (Lipinski definition) is 1. The highest BCUT2D eigenvalue weighted by atomic mass is 35.5. The number of oxazole rings is 1. The summed E-state index contributed by atoms with van der Waals surface area (Å²) in [7, 11) is 0. The third-order valence-corrected chi connectivity index (χ3v) is 6.10. The van der Waals surface area contributed by atoms with Crippen molar-refractivity contribution in [3.05, 3.63) is 76.3 Å². The molecule has 4 aromatic rings. The molecule has 6 heteroatoms. The number of amides is 1. The highest BCUT2D eigenvalue weighted by molar-refractivity contribution is 6.33. The van der Waals surface area contributed by atoms with Crippen molar-refractivity contribution in [2.75, 3.05) is 11.9 Å². The molecule has 4 rings (SSSR count). The van der Waals surface area contributed by atoms with Gasteiger partial charge in [-0.3, -0.25) is 4.79 Å². The van der Waals surface area contributed by atoms with Gasteiger partial charge < -0.3 is 14.5 Å². The Morgan fingerprint density at radius 3 is 2.70 bits per heavy atom. The number of carbonyl (C=O) groups is 1. The van der Waals surface area contributed by atoms with Crippen molar-refractivity contribution in [2.24, 2.45) is 0 Å². The molecule has 0 aliphatic heterocycles. The molecular formula is C27H27ClN2O3. The fourth-order valence-corrected chi connectivity index (χ4v) is 3.82. The van der Waals surface area contributed by atoms with Gasteiger partial charge in [0.2, 0.25) is 5.89 Å². The van der Waals surface area contributed by atoms with E-state index in [4.69, 9.17) is 20.8 Å². The second-order valence-electron chi connectivity index (χ2n) is 8.36. The Labute approximate surface area is 198 Å². The van der Waals surface area contributed by atoms with E-state index in [2.05, 4.69) is 36.3 Å². The van der Waals surface area contributed by atoms with Gasteiger partial charge in [-0.1, -0.05) is 49.2 Å². The number of nitrogens with one attached hydrogen (secondary N) is 1. The molecule has 1 amide bonds. The number of fused-ring (bicyclic) bond motifs is 1. The molecular weight excluding hydrogens is 436 g/mol. The Hall–Kier alpha value is -3.31. The number of aromatic nitrogens is 1. The van der Waals surface area contributed by atoms with E-state index in [1.165, 1.54) is 5.56 Å². The van der Waals surface area contributed by atoms with Crippen LogP contribution < -0.4 is 10.1 Å². The highest BCUT2D eigenvalue weighted by Gasteiger charge is 2.14. The number of hydrogen-bond acceptors (Lipinski definition) is 4. The van der Waals surface area contributed by atoms with Crippen LogP contribution in [0.2, 0.25) is 5.02 Å². The minimum atomic E-state index is -0.301. The zero-order chi connectivity index (χ0) is 23.5. The number of anilines is 1. The summed E-state index contributed by atoms with van der Waals surface area (Å²) in [4.78, 5) is 17.2. The fourth-order valence-electron chi connectivity index (χ4n) is 3.66. The first-order chi connectivity index (χ1) is 15.8. The quantitative estimate of drug-likeness (QED) is 0.313. The maximum atomic E-state index is 12.5. The molecule has 0 unspecified atom stereocenters. The van der Waals surface area contributed by atoms with Gasteiger partial charge in [0.1, 0.15) is 11.3 Å². The van der Waals surface area contributed by atoms with Gasteiger partial charge in [0, 0.05) is 5.56 Å². The second-order valence-corrected chi connectivity index (χ2v) is 8.76. The van der Waals surface area contributed by atoms with Crippen LogP contribution in [0.3, 0.4) is 0 Å². The Kier molecular flexibility index (Phi) is 6.70. The number of rotatable bonds is 7. The van der Waals surface area contributed by atoms with E-state index in [-0.39, 0.29) is 12.5 Å². The smallest absolute Gasteiger partial charge is 0.262 e. The van der Waals surface area contributed by atoms with Crippen LogP contribution in [0.25, 0.3) is 22.6 Å². The lowest BCUT2D eigenvalue weighted by atomic mass is 9.98. The summed E-state index contributed by atoms with van der Waals surface area (Å²) in [5, 5.41) is 3.25. The number of nitrogens with zero attached hydrogens (tertiary/aromatic N) is 1. The third kappa shape index (κ3) is 5.20. The molecule has 1 heterocycles. The molecule has 0 bridgehead atoms. The van der Waals surface area contributed by atoms with Gasteiger partial charge in [-0.05, 0) is 73.7 Å². The molecule has 1 atom stereocenters. The number of aryl methyl sites for hydroxylation is 2. The lowest BCUT2D eigenvalue weighted by Crippen LogP contribution is -2.20. The van der Waals surface area contributed by atoms with Crippen LogP contribution in [-0.2, 0) is 4.79 Å². The first-order valence-electron chi connectivity index (χ1n) is 11.0. The molecule has 5 nitrogen and oxygen atoms in total. The van der Waals surface area contributed by atoms with Gasteiger partial charge in [-0.25, -0.2) is 4.98 Å². The van der Waals surface area contributed by atoms with Crippen molar-refractivity contribution >= 4 is 34.3 Å². The van der Waals surface area contributed by atoms with E-state index in [1.54, 1.807) is 12.1 Å². The summed E-state index contributed by atoms with van der Waals surface area (Å²) in [6.07, 6.45) is 1.06. The van der Waals surface area contributed by atoms with E-state index in [0.717, 1.165) is 34.2 Å². The maximum absolute atomic E-state index is 12.5. The SMILES string of the molecule is CC[C@H](C)c1ccc2oc(-c3ccc(Cl)c(NC(=O)COc4ccc(C)cc4C)c3)nc2c1. The summed E-state index contributed by atoms with van der Waals surface area (Å²) in [6, 6.07) is 17.2. The van der Waals surface area contributed by atoms with E-state index in [1.807, 2.05) is 44.2 Å². The standard InChI is InChI=1S/C27H27ClN2O3/c1-5-17(3)19-8-11-25-23(13-19)30-27(33-25)20-7-9-21(28)22(14-20)29-26(31)15-32-24-10-6-16(2)12-18(24)4/h6-14,17H,5,15H2,1-4H3,(H,29,31)/t17-/m0/s1. The van der Waals surface area contributed by atoms with Gasteiger partial charge in [0.25, 0.3) is 5.91 Å². The molecule has 1 aromatic heterocycles. The van der Waals surface area contributed by atoms with Gasteiger partial charge in [-0.2, -0.15) is 0 Å². The van der Waals surface area contributed by atoms with Crippen molar-refractivity contribution in [3.63, 3.8) is 0 Å². The van der Waals surface area contributed by atoms with Crippen molar-refractivity contribution in [3.8, 4) is 17.2 Å². The Morgan fingerprint density at radius 1 is 1.12 bits per heavy atom. The topological polar surface area (TPSA) is 64.4 Å². The zero-order valence-corrected chi connectivity index (χ0v) is 20.0. The van der Waals surface area contributed by atoms with Crippen LogP contribution in [0.15, 0.2) is 59.0 Å². The highest BCUT2D eigenvalue weighted by Crippen LogP contribution is 2.32. The van der Waals surface area contributed by atoms with Gasteiger partial charge in [0.05, 0.1) is 10.7 Å². The first-order valence-corrected chi connectivity index (χ1v) is 11.4. The van der Waals surface area contributed by atoms with Crippen LogP contribution in [-0.4, -0.2) is 17.5 Å². The number of benzene rings is 3. The van der Waals surface area contributed by atoms with E-state index < -0.39 is 0 Å². The van der Waals surface area contributed by atoms with Crippen molar-refractivity contribution in [2.45, 2.75) is 40.0 Å². The summed E-state index contributed by atoms with van der Waals surface area (Å²) in [5.41, 5.74) is 6.10. The molecule has 0 fully saturated rings. The molecule has 0 aliphatic carbocycles. The largest absolute Gasteiger partial charge is 0.483 e. The van der Waals surface area contributed by atoms with Crippen molar-refractivity contribution in [1.29, 1.82) is 0 Å². The zero-order valence-electron chi connectivity index (χ0n) is 19.2.